The molecule has 2 aromatic heterocycles. The van der Waals surface area contributed by atoms with Gasteiger partial charge in [0.2, 0.25) is 0 Å². The highest BCUT2D eigenvalue weighted by Gasteiger charge is 2.23. The molecule has 6 nitrogen and oxygen atoms in total. The van der Waals surface area contributed by atoms with E-state index in [9.17, 15) is 4.79 Å². The lowest BCUT2D eigenvalue weighted by molar-refractivity contribution is -0.118. The number of nitrogens with zero attached hydrogens (tertiary/aromatic N) is 4. The van der Waals surface area contributed by atoms with E-state index >= 15 is 0 Å². The predicted octanol–water partition coefficient (Wildman–Crippen LogP) is 2.80. The van der Waals surface area contributed by atoms with E-state index in [1.165, 1.54) is 11.8 Å². The second-order valence-electron chi connectivity index (χ2n) is 6.52. The molecule has 0 saturated carbocycles. The van der Waals surface area contributed by atoms with Gasteiger partial charge in [-0.25, -0.2) is 0 Å². The SMILES string of the molecule is O=C(CSc1nnc(-c2cccnc2)n1Cc1ccccc1)C1CCCN1. The van der Waals surface area contributed by atoms with Gasteiger partial charge in [-0.05, 0) is 37.1 Å². The van der Waals surface area contributed by atoms with Crippen molar-refractivity contribution in [2.45, 2.75) is 30.6 Å². The van der Waals surface area contributed by atoms with Crippen LogP contribution in [0.3, 0.4) is 0 Å². The summed E-state index contributed by atoms with van der Waals surface area (Å²) >= 11 is 1.46. The number of hydrogen-bond donors (Lipinski definition) is 1. The number of benzene rings is 1. The summed E-state index contributed by atoms with van der Waals surface area (Å²) in [7, 11) is 0. The van der Waals surface area contributed by atoms with Gasteiger partial charge in [-0.15, -0.1) is 10.2 Å². The molecule has 4 rings (SSSR count). The molecule has 1 aliphatic heterocycles. The molecule has 0 amide bonds. The summed E-state index contributed by atoms with van der Waals surface area (Å²) < 4.78 is 2.06. The third kappa shape index (κ3) is 4.26. The predicted molar refractivity (Wildman–Crippen MR) is 106 cm³/mol. The minimum atomic E-state index is -0.0132. The number of nitrogens with one attached hydrogen (secondary N) is 1. The molecule has 1 N–H and O–H groups in total. The van der Waals surface area contributed by atoms with E-state index in [-0.39, 0.29) is 11.8 Å². The Balaban J connectivity index is 1.58. The zero-order chi connectivity index (χ0) is 18.5. The van der Waals surface area contributed by atoms with Crippen LogP contribution in [-0.4, -0.2) is 43.9 Å². The molecule has 3 heterocycles. The fraction of sp³-hybridized carbons (Fsp3) is 0.300. The van der Waals surface area contributed by atoms with Gasteiger partial charge in [0, 0.05) is 18.0 Å². The topological polar surface area (TPSA) is 72.7 Å². The number of pyridine rings is 1. The molecule has 0 bridgehead atoms. The number of rotatable bonds is 7. The summed E-state index contributed by atoms with van der Waals surface area (Å²) in [6, 6.07) is 14.0. The van der Waals surface area contributed by atoms with Crippen molar-refractivity contribution in [2.24, 2.45) is 0 Å². The van der Waals surface area contributed by atoms with Gasteiger partial charge in [-0.1, -0.05) is 42.1 Å². The van der Waals surface area contributed by atoms with Crippen molar-refractivity contribution in [3.8, 4) is 11.4 Å². The van der Waals surface area contributed by atoms with Gasteiger partial charge in [-0.3, -0.25) is 14.3 Å². The summed E-state index contributed by atoms with van der Waals surface area (Å²) in [5.41, 5.74) is 2.07. The van der Waals surface area contributed by atoms with Crippen LogP contribution < -0.4 is 5.32 Å². The number of Topliss-reactive ketones (excluding diaryl/α,β-unsaturated/α-hetero) is 1. The Morgan fingerprint density at radius 2 is 2.07 bits per heavy atom. The first-order chi connectivity index (χ1) is 13.3. The van der Waals surface area contributed by atoms with E-state index in [0.717, 1.165) is 41.5 Å². The van der Waals surface area contributed by atoms with E-state index in [1.807, 2.05) is 30.3 Å². The number of thioether (sulfide) groups is 1. The van der Waals surface area contributed by atoms with Gasteiger partial charge >= 0.3 is 0 Å². The van der Waals surface area contributed by atoms with E-state index in [0.29, 0.717) is 12.3 Å². The fourth-order valence-electron chi connectivity index (χ4n) is 3.21. The molecule has 1 atom stereocenters. The lowest BCUT2D eigenvalue weighted by Gasteiger charge is -2.11. The second kappa shape index (κ2) is 8.45. The van der Waals surface area contributed by atoms with Crippen molar-refractivity contribution >= 4 is 17.5 Å². The molecule has 1 fully saturated rings. The minimum absolute atomic E-state index is 0.0132. The Hall–Kier alpha value is -2.51. The van der Waals surface area contributed by atoms with Crippen LogP contribution in [0.15, 0.2) is 60.0 Å². The highest BCUT2D eigenvalue weighted by molar-refractivity contribution is 7.99. The molecule has 27 heavy (non-hydrogen) atoms. The molecule has 3 aromatic rings. The third-order valence-electron chi connectivity index (χ3n) is 4.61. The van der Waals surface area contributed by atoms with E-state index in [1.54, 1.807) is 12.4 Å². The van der Waals surface area contributed by atoms with Crippen LogP contribution in [0.2, 0.25) is 0 Å². The van der Waals surface area contributed by atoms with Gasteiger partial charge in [0.15, 0.2) is 16.8 Å². The van der Waals surface area contributed by atoms with Crippen LogP contribution in [0, 0.1) is 0 Å². The summed E-state index contributed by atoms with van der Waals surface area (Å²) in [6.07, 6.45) is 5.52. The molecular formula is C20H21N5OS. The van der Waals surface area contributed by atoms with Gasteiger partial charge in [0.1, 0.15) is 0 Å². The summed E-state index contributed by atoms with van der Waals surface area (Å²) in [5.74, 6) is 1.40. The molecule has 1 saturated heterocycles. The van der Waals surface area contributed by atoms with Crippen LogP contribution in [0.25, 0.3) is 11.4 Å². The van der Waals surface area contributed by atoms with E-state index < -0.39 is 0 Å². The Morgan fingerprint density at radius 3 is 2.81 bits per heavy atom. The van der Waals surface area contributed by atoms with Crippen LogP contribution in [0.5, 0.6) is 0 Å². The Bertz CT molecular complexity index is 891. The maximum Gasteiger partial charge on any atom is 0.192 e. The molecular weight excluding hydrogens is 358 g/mol. The number of ketones is 1. The number of hydrogen-bond acceptors (Lipinski definition) is 6. The first-order valence-electron chi connectivity index (χ1n) is 9.07. The normalized spacial score (nSPS) is 16.5. The Morgan fingerprint density at radius 1 is 1.19 bits per heavy atom. The summed E-state index contributed by atoms with van der Waals surface area (Å²) in [6.45, 7) is 1.58. The molecule has 0 spiro atoms. The first kappa shape index (κ1) is 17.9. The van der Waals surface area contributed by atoms with E-state index in [4.69, 9.17) is 0 Å². The highest BCUT2D eigenvalue weighted by Crippen LogP contribution is 2.25. The molecule has 0 aliphatic carbocycles. The van der Waals surface area contributed by atoms with E-state index in [2.05, 4.69) is 37.2 Å². The Kier molecular flexibility index (Phi) is 5.60. The maximum absolute atomic E-state index is 12.4. The smallest absolute Gasteiger partial charge is 0.192 e. The van der Waals surface area contributed by atoms with Crippen molar-refractivity contribution in [3.05, 3.63) is 60.4 Å². The fourth-order valence-corrected chi connectivity index (χ4v) is 4.09. The lowest BCUT2D eigenvalue weighted by atomic mass is 10.2. The van der Waals surface area contributed by atoms with Crippen molar-refractivity contribution in [2.75, 3.05) is 12.3 Å². The van der Waals surface area contributed by atoms with Crippen molar-refractivity contribution in [1.82, 2.24) is 25.1 Å². The molecule has 138 valence electrons. The van der Waals surface area contributed by atoms with Crippen molar-refractivity contribution in [1.29, 1.82) is 0 Å². The van der Waals surface area contributed by atoms with Crippen molar-refractivity contribution < 1.29 is 4.79 Å². The van der Waals surface area contributed by atoms with Gasteiger partial charge < -0.3 is 5.32 Å². The highest BCUT2D eigenvalue weighted by atomic mass is 32.2. The molecule has 7 heteroatoms. The minimum Gasteiger partial charge on any atom is -0.307 e. The van der Waals surface area contributed by atoms with Crippen LogP contribution >= 0.6 is 11.8 Å². The zero-order valence-electron chi connectivity index (χ0n) is 14.9. The second-order valence-corrected chi connectivity index (χ2v) is 7.47. The molecule has 0 radical (unpaired) electrons. The number of carbonyl (C=O) groups excluding carboxylic acids is 1. The molecule has 1 aromatic carbocycles. The van der Waals surface area contributed by atoms with Crippen LogP contribution in [-0.2, 0) is 11.3 Å². The van der Waals surface area contributed by atoms with Gasteiger partial charge in [0.05, 0.1) is 18.3 Å². The van der Waals surface area contributed by atoms with Crippen LogP contribution in [0.4, 0.5) is 0 Å². The summed E-state index contributed by atoms with van der Waals surface area (Å²) in [5, 5.41) is 12.8. The van der Waals surface area contributed by atoms with Crippen molar-refractivity contribution in [3.63, 3.8) is 0 Å². The quantitative estimate of drug-likeness (QED) is 0.637. The zero-order valence-corrected chi connectivity index (χ0v) is 15.7. The average Bonchev–Trinajstić information content (AvgIpc) is 3.38. The third-order valence-corrected chi connectivity index (χ3v) is 5.60. The molecule has 1 unspecified atom stereocenters. The standard InChI is InChI=1S/C20H21N5OS/c26-18(17-9-5-11-22-17)14-27-20-24-23-19(16-8-4-10-21-12-16)25(20)13-15-6-2-1-3-7-15/h1-4,6-8,10,12,17,22H,5,9,11,13-14H2. The monoisotopic (exact) mass is 379 g/mol. The lowest BCUT2D eigenvalue weighted by Crippen LogP contribution is -2.32. The molecule has 1 aliphatic rings. The summed E-state index contributed by atoms with van der Waals surface area (Å²) in [4.78, 5) is 16.6. The van der Waals surface area contributed by atoms with Gasteiger partial charge in [0.25, 0.3) is 0 Å². The number of aromatic nitrogens is 4. The van der Waals surface area contributed by atoms with Crippen LogP contribution in [0.1, 0.15) is 18.4 Å². The largest absolute Gasteiger partial charge is 0.307 e. The first-order valence-corrected chi connectivity index (χ1v) is 10.1. The Labute approximate surface area is 162 Å². The average molecular weight is 379 g/mol. The maximum atomic E-state index is 12.4. The number of carbonyl (C=O) groups is 1. The van der Waals surface area contributed by atoms with Gasteiger partial charge in [-0.2, -0.15) is 0 Å².